The van der Waals surface area contributed by atoms with Crippen molar-refractivity contribution >= 4 is 17.5 Å². The molecule has 1 aromatic heterocycles. The fraction of sp³-hybridized carbons (Fsp3) is 0.576. The lowest BCUT2D eigenvalue weighted by Crippen LogP contribution is -2.52. The highest BCUT2D eigenvalue weighted by atomic mass is 16.7. The maximum Gasteiger partial charge on any atom is 0.330 e. The Balaban J connectivity index is 1.36. The first-order valence-corrected chi connectivity index (χ1v) is 16.4. The van der Waals surface area contributed by atoms with Gasteiger partial charge < -0.3 is 45.7 Å². The minimum absolute atomic E-state index is 0.409. The molecule has 264 valence electrons. The molecule has 0 saturated carbocycles. The molecule has 0 aliphatic carbocycles. The zero-order valence-electron chi connectivity index (χ0n) is 26.9. The summed E-state index contributed by atoms with van der Waals surface area (Å²) in [5.41, 5.74) is 5.54. The van der Waals surface area contributed by atoms with Crippen LogP contribution in [-0.4, -0.2) is 85.2 Å². The molecule has 0 bridgehead atoms. The summed E-state index contributed by atoms with van der Waals surface area (Å²) in [4.78, 5) is 51.4. The molecule has 4 rings (SSSR count). The Morgan fingerprint density at radius 2 is 1.67 bits per heavy atom. The number of aliphatic hydroxyl groups is 4. The second-order valence-corrected chi connectivity index (χ2v) is 12.2. The summed E-state index contributed by atoms with van der Waals surface area (Å²) in [7, 11) is 0. The maximum atomic E-state index is 13.1. The van der Waals surface area contributed by atoms with Crippen molar-refractivity contribution in [3.05, 3.63) is 74.8 Å². The van der Waals surface area contributed by atoms with Crippen molar-refractivity contribution in [1.82, 2.24) is 9.55 Å². The van der Waals surface area contributed by atoms with Crippen LogP contribution in [0.25, 0.3) is 0 Å². The summed E-state index contributed by atoms with van der Waals surface area (Å²) in [6, 6.07) is 8.32. The van der Waals surface area contributed by atoms with Gasteiger partial charge in [-0.25, -0.2) is 4.79 Å². The minimum Gasteiger partial charge on any atom is -0.456 e. The first kappa shape index (κ1) is 37.0. The van der Waals surface area contributed by atoms with E-state index in [0.717, 1.165) is 47.7 Å². The normalized spacial score (nSPS) is 26.0. The molecule has 3 heterocycles. The van der Waals surface area contributed by atoms with E-state index in [2.05, 4.69) is 12.2 Å². The number of carbonyl (C=O) groups is 2. The van der Waals surface area contributed by atoms with E-state index >= 15 is 0 Å². The van der Waals surface area contributed by atoms with Crippen LogP contribution < -0.4 is 22.3 Å². The van der Waals surface area contributed by atoms with E-state index in [1.54, 1.807) is 12.1 Å². The Labute approximate surface area is 277 Å². The third-order valence-corrected chi connectivity index (χ3v) is 8.59. The summed E-state index contributed by atoms with van der Waals surface area (Å²) in [6.07, 6.45) is 1.23. The molecule has 0 spiro atoms. The van der Waals surface area contributed by atoms with Crippen molar-refractivity contribution in [2.75, 3.05) is 11.9 Å². The number of hydrogen-bond acceptors (Lipinski definition) is 11. The number of nitrogens with zero attached hydrogens (tertiary/aromatic N) is 1. The number of nitrogens with two attached hydrogens (primary N) is 1. The Hall–Kier alpha value is -3.86. The van der Waals surface area contributed by atoms with E-state index < -0.39 is 84.4 Å². The van der Waals surface area contributed by atoms with Gasteiger partial charge in [0.2, 0.25) is 12.2 Å². The second kappa shape index (κ2) is 17.5. The quantitative estimate of drug-likeness (QED) is 0.115. The van der Waals surface area contributed by atoms with Gasteiger partial charge in [0.05, 0.1) is 6.61 Å². The number of aryl methyl sites for hydroxylation is 1. The van der Waals surface area contributed by atoms with Gasteiger partial charge in [0, 0.05) is 23.9 Å². The largest absolute Gasteiger partial charge is 0.456 e. The maximum absolute atomic E-state index is 13.1. The van der Waals surface area contributed by atoms with Gasteiger partial charge in [0.25, 0.3) is 11.5 Å². The number of amides is 2. The van der Waals surface area contributed by atoms with Crippen LogP contribution in [0.3, 0.4) is 0 Å². The van der Waals surface area contributed by atoms with E-state index in [4.69, 9.17) is 19.9 Å². The zero-order chi connectivity index (χ0) is 34.8. The number of carbonyl (C=O) groups excluding carboxylic acids is 2. The molecule has 1 saturated heterocycles. The average Bonchev–Trinajstić information content (AvgIpc) is 3.38. The predicted octanol–water partition coefficient (Wildman–Crippen LogP) is 0.558. The molecule has 8 atom stereocenters. The van der Waals surface area contributed by atoms with Gasteiger partial charge in [-0.05, 0) is 36.6 Å². The minimum atomic E-state index is -1.81. The van der Waals surface area contributed by atoms with Crippen LogP contribution in [0.4, 0.5) is 5.69 Å². The summed E-state index contributed by atoms with van der Waals surface area (Å²) in [6.45, 7) is 1.47. The van der Waals surface area contributed by atoms with Crippen molar-refractivity contribution in [1.29, 1.82) is 0 Å². The van der Waals surface area contributed by atoms with E-state index in [-0.39, 0.29) is 0 Å². The molecule has 0 unspecified atom stereocenters. The number of unbranched alkanes of at least 4 members (excludes halogenated alkanes) is 7. The molecule has 0 radical (unpaired) electrons. The van der Waals surface area contributed by atoms with Crippen LogP contribution >= 0.6 is 0 Å². The molecular weight excluding hydrogens is 628 g/mol. The molecule has 2 aliphatic heterocycles. The SMILES string of the molecule is CCCCCCCCCCc1ccc(NC(=O)C2=C[C@H](O)[C@H](O)[C@@H](O[C@@H](C(N)=O)[C@H]3O[C@@H](n4ccc(=O)[nH]c4=O)[C@H](O)[C@@H]3CO)O2)cc1. The van der Waals surface area contributed by atoms with Crippen molar-refractivity contribution in [3.63, 3.8) is 0 Å². The Morgan fingerprint density at radius 1 is 1.00 bits per heavy atom. The molecule has 48 heavy (non-hydrogen) atoms. The number of H-pyrrole nitrogens is 1. The number of aliphatic hydroxyl groups excluding tert-OH is 4. The van der Waals surface area contributed by atoms with Gasteiger partial charge in [0.1, 0.15) is 24.4 Å². The van der Waals surface area contributed by atoms with Crippen LogP contribution in [0.5, 0.6) is 0 Å². The summed E-state index contributed by atoms with van der Waals surface area (Å²) in [5.74, 6) is -3.56. The number of aromatic amines is 1. The lowest BCUT2D eigenvalue weighted by molar-refractivity contribution is -0.239. The number of ether oxygens (including phenoxy) is 3. The van der Waals surface area contributed by atoms with E-state index in [0.29, 0.717) is 5.69 Å². The number of primary amides is 1. The molecule has 2 aromatic rings. The number of rotatable bonds is 17. The third-order valence-electron chi connectivity index (χ3n) is 8.59. The molecule has 15 heteroatoms. The topological polar surface area (TPSA) is 236 Å². The standard InChI is InChI=1S/C33H46N4O11/c1-2-3-4-5-6-7-8-9-10-19-11-13-20(14-12-19)35-30(44)23-17-22(39)26(42)32(46-23)48-28(29(34)43)27-21(18-38)25(41)31(47-27)37-16-15-24(40)36-33(37)45/h11-17,21-22,25-28,31-32,38-39,41-42H,2-10,18H2,1H3,(H2,34,43)(H,35,44)(H,36,40,45)/t21-,22-,25+,26-,27-,28+,31+,32+/m0/s1. The van der Waals surface area contributed by atoms with Gasteiger partial charge in [-0.1, -0.05) is 64.0 Å². The van der Waals surface area contributed by atoms with Gasteiger partial charge in [-0.3, -0.25) is 23.9 Å². The van der Waals surface area contributed by atoms with Gasteiger partial charge in [-0.2, -0.15) is 0 Å². The molecule has 1 aromatic carbocycles. The first-order chi connectivity index (χ1) is 23.0. The fourth-order valence-corrected chi connectivity index (χ4v) is 5.86. The van der Waals surface area contributed by atoms with Crippen LogP contribution in [-0.2, 0) is 30.2 Å². The molecular formula is C33H46N4O11. The first-order valence-electron chi connectivity index (χ1n) is 16.4. The molecule has 15 nitrogen and oxygen atoms in total. The molecule has 1 fully saturated rings. The van der Waals surface area contributed by atoms with Crippen LogP contribution in [0.2, 0.25) is 0 Å². The second-order valence-electron chi connectivity index (χ2n) is 12.2. The molecule has 8 N–H and O–H groups in total. The van der Waals surface area contributed by atoms with Crippen molar-refractivity contribution in [2.24, 2.45) is 11.7 Å². The highest BCUT2D eigenvalue weighted by molar-refractivity contribution is 6.02. The highest BCUT2D eigenvalue weighted by Gasteiger charge is 2.51. The van der Waals surface area contributed by atoms with Crippen LogP contribution in [0.1, 0.15) is 70.1 Å². The number of benzene rings is 1. The Kier molecular flexibility index (Phi) is 13.5. The van der Waals surface area contributed by atoms with Crippen molar-refractivity contribution in [3.8, 4) is 0 Å². The Bertz CT molecular complexity index is 1510. The van der Waals surface area contributed by atoms with E-state index in [1.807, 2.05) is 17.1 Å². The monoisotopic (exact) mass is 674 g/mol. The molecule has 2 aliphatic rings. The predicted molar refractivity (Wildman–Crippen MR) is 172 cm³/mol. The van der Waals surface area contributed by atoms with Crippen LogP contribution in [0.15, 0.2) is 58.0 Å². The lowest BCUT2D eigenvalue weighted by Gasteiger charge is -2.35. The lowest BCUT2D eigenvalue weighted by atomic mass is 9.94. The number of aromatic nitrogens is 2. The van der Waals surface area contributed by atoms with Gasteiger partial charge in [-0.15, -0.1) is 0 Å². The summed E-state index contributed by atoms with van der Waals surface area (Å²) < 4.78 is 17.8. The van der Waals surface area contributed by atoms with E-state index in [1.165, 1.54) is 38.5 Å². The highest BCUT2D eigenvalue weighted by Crippen LogP contribution is 2.36. The van der Waals surface area contributed by atoms with Gasteiger partial charge >= 0.3 is 5.69 Å². The fourth-order valence-electron chi connectivity index (χ4n) is 5.86. The summed E-state index contributed by atoms with van der Waals surface area (Å²) in [5, 5.41) is 44.6. The summed E-state index contributed by atoms with van der Waals surface area (Å²) >= 11 is 0. The van der Waals surface area contributed by atoms with E-state index in [9.17, 15) is 39.6 Å². The zero-order valence-corrected chi connectivity index (χ0v) is 26.9. The number of nitrogens with one attached hydrogen (secondary N) is 2. The van der Waals surface area contributed by atoms with Crippen molar-refractivity contribution < 1.29 is 44.2 Å². The van der Waals surface area contributed by atoms with Gasteiger partial charge in [0.15, 0.2) is 18.1 Å². The number of hydrogen-bond donors (Lipinski definition) is 7. The smallest absolute Gasteiger partial charge is 0.330 e. The number of anilines is 1. The average molecular weight is 675 g/mol. The molecule has 2 amide bonds. The third kappa shape index (κ3) is 9.39. The van der Waals surface area contributed by atoms with Crippen LogP contribution in [0, 0.1) is 5.92 Å². The Morgan fingerprint density at radius 3 is 2.29 bits per heavy atom. The van der Waals surface area contributed by atoms with Crippen molar-refractivity contribution in [2.45, 2.75) is 108 Å².